The van der Waals surface area contributed by atoms with Crippen molar-refractivity contribution in [1.82, 2.24) is 4.98 Å². The Labute approximate surface area is 168 Å². The summed E-state index contributed by atoms with van der Waals surface area (Å²) in [6.07, 6.45) is 4.20. The van der Waals surface area contributed by atoms with Crippen LogP contribution in [-0.2, 0) is 24.1 Å². The molecule has 2 N–H and O–H groups in total. The van der Waals surface area contributed by atoms with Crippen LogP contribution in [0.25, 0.3) is 0 Å². The Morgan fingerprint density at radius 3 is 2.71 bits per heavy atom. The molecule has 1 fully saturated rings. The number of primary amides is 1. The Morgan fingerprint density at radius 2 is 2.11 bits per heavy atom. The van der Waals surface area contributed by atoms with Crippen LogP contribution in [-0.4, -0.2) is 38.5 Å². The summed E-state index contributed by atoms with van der Waals surface area (Å²) in [6.45, 7) is 0. The first-order valence-electron chi connectivity index (χ1n) is 9.05. The Hall–Kier alpha value is -1.81. The smallest absolute Gasteiger partial charge is 0.218 e. The highest BCUT2D eigenvalue weighted by Crippen LogP contribution is 2.39. The summed E-state index contributed by atoms with van der Waals surface area (Å²) in [5.41, 5.74) is 6.36. The second kappa shape index (κ2) is 9.13. The molecule has 1 aliphatic rings. The molecule has 3 atom stereocenters. The Balaban J connectivity index is 1.76. The van der Waals surface area contributed by atoms with Gasteiger partial charge in [0.05, 0.1) is 22.1 Å². The maximum atomic E-state index is 12.1. The second-order valence-electron chi connectivity index (χ2n) is 6.83. The number of benzene rings is 1. The van der Waals surface area contributed by atoms with E-state index in [4.69, 9.17) is 15.2 Å². The fraction of sp³-hybridized carbons (Fsp3) is 0.474. The first-order chi connectivity index (χ1) is 13.4. The number of aromatic nitrogens is 1. The molecule has 1 aromatic carbocycles. The topological polar surface area (TPSA) is 109 Å². The summed E-state index contributed by atoms with van der Waals surface area (Å²) in [6, 6.07) is 6.72. The van der Waals surface area contributed by atoms with Crippen LogP contribution in [0, 0.1) is 0 Å². The van der Waals surface area contributed by atoms with Crippen molar-refractivity contribution in [3.63, 3.8) is 0 Å². The van der Waals surface area contributed by atoms with E-state index in [1.54, 1.807) is 30.5 Å². The molecule has 7 nitrogen and oxygen atoms in total. The predicted molar refractivity (Wildman–Crippen MR) is 106 cm³/mol. The molecule has 3 rings (SSSR count). The molecule has 1 aromatic heterocycles. The summed E-state index contributed by atoms with van der Waals surface area (Å²) in [4.78, 5) is 16.1. The minimum Gasteiger partial charge on any atom is -0.370 e. The number of hydrogen-bond donors (Lipinski definition) is 1. The van der Waals surface area contributed by atoms with Gasteiger partial charge in [-0.2, -0.15) is 0 Å². The van der Waals surface area contributed by atoms with Crippen molar-refractivity contribution in [2.45, 2.75) is 48.7 Å². The lowest BCUT2D eigenvalue weighted by molar-refractivity contribution is -0.121. The van der Waals surface area contributed by atoms with Gasteiger partial charge in [-0.15, -0.1) is 11.3 Å². The van der Waals surface area contributed by atoms with Crippen LogP contribution in [0.3, 0.4) is 0 Å². The molecule has 0 bridgehead atoms. The van der Waals surface area contributed by atoms with Gasteiger partial charge in [0.2, 0.25) is 15.7 Å². The number of hydrogen-bond acceptors (Lipinski definition) is 7. The third-order valence-electron chi connectivity index (χ3n) is 4.82. The SMILES string of the molecule is COCS(=O)(=O)c1ccc(C2CCCC(C(CC(N)=O)c3nccs3)O2)cc1. The van der Waals surface area contributed by atoms with Crippen molar-refractivity contribution < 1.29 is 22.7 Å². The molecule has 0 spiro atoms. The van der Waals surface area contributed by atoms with E-state index in [9.17, 15) is 13.2 Å². The van der Waals surface area contributed by atoms with Gasteiger partial charge in [0.15, 0.2) is 5.94 Å². The maximum absolute atomic E-state index is 12.1. The van der Waals surface area contributed by atoms with Gasteiger partial charge in [0.1, 0.15) is 0 Å². The van der Waals surface area contributed by atoms with E-state index in [0.717, 1.165) is 29.8 Å². The average molecular weight is 425 g/mol. The van der Waals surface area contributed by atoms with Gasteiger partial charge in [-0.05, 0) is 37.0 Å². The third kappa shape index (κ3) is 4.96. The lowest BCUT2D eigenvalue weighted by Gasteiger charge is -2.34. The minimum absolute atomic E-state index is 0.158. The summed E-state index contributed by atoms with van der Waals surface area (Å²) in [5.74, 6) is -0.892. The number of carbonyl (C=O) groups excluding carboxylic acids is 1. The van der Waals surface area contributed by atoms with Crippen LogP contribution in [0.15, 0.2) is 40.7 Å². The van der Waals surface area contributed by atoms with Gasteiger partial charge in [0.25, 0.3) is 0 Å². The molecule has 0 radical (unpaired) electrons. The number of amides is 1. The molecule has 28 heavy (non-hydrogen) atoms. The number of sulfone groups is 1. The highest BCUT2D eigenvalue weighted by atomic mass is 32.2. The minimum atomic E-state index is -3.45. The molecule has 3 unspecified atom stereocenters. The first kappa shape index (κ1) is 20.9. The van der Waals surface area contributed by atoms with E-state index in [-0.39, 0.29) is 41.3 Å². The number of thiazole rings is 1. The second-order valence-corrected chi connectivity index (χ2v) is 9.69. The van der Waals surface area contributed by atoms with Crippen LogP contribution in [0.1, 0.15) is 48.3 Å². The largest absolute Gasteiger partial charge is 0.370 e. The van der Waals surface area contributed by atoms with E-state index >= 15 is 0 Å². The zero-order valence-corrected chi connectivity index (χ0v) is 17.2. The predicted octanol–water partition coefficient (Wildman–Crippen LogP) is 2.79. The van der Waals surface area contributed by atoms with Crippen LogP contribution in [0.5, 0.6) is 0 Å². The van der Waals surface area contributed by atoms with Gasteiger partial charge < -0.3 is 15.2 Å². The number of methoxy groups -OCH3 is 1. The maximum Gasteiger partial charge on any atom is 0.218 e. The quantitative estimate of drug-likeness (QED) is 0.698. The fourth-order valence-corrected chi connectivity index (χ4v) is 5.31. The van der Waals surface area contributed by atoms with Crippen molar-refractivity contribution in [3.8, 4) is 0 Å². The van der Waals surface area contributed by atoms with E-state index < -0.39 is 9.84 Å². The zero-order chi connectivity index (χ0) is 20.1. The van der Waals surface area contributed by atoms with Gasteiger partial charge in [-0.25, -0.2) is 13.4 Å². The number of nitrogens with two attached hydrogens (primary N) is 1. The summed E-state index contributed by atoms with van der Waals surface area (Å²) < 4.78 is 35.3. The Bertz CT molecular complexity index is 882. The fourth-order valence-electron chi connectivity index (χ4n) is 3.52. The van der Waals surface area contributed by atoms with Crippen LogP contribution in [0.2, 0.25) is 0 Å². The molecule has 152 valence electrons. The van der Waals surface area contributed by atoms with Crippen molar-refractivity contribution >= 4 is 27.1 Å². The number of nitrogens with zero attached hydrogens (tertiary/aromatic N) is 1. The summed E-state index contributed by atoms with van der Waals surface area (Å²) in [5, 5.41) is 2.73. The molecule has 9 heteroatoms. The lowest BCUT2D eigenvalue weighted by Crippen LogP contribution is -2.31. The number of ether oxygens (including phenoxy) is 2. The van der Waals surface area contributed by atoms with E-state index in [0.29, 0.717) is 0 Å². The van der Waals surface area contributed by atoms with Gasteiger partial charge >= 0.3 is 0 Å². The Morgan fingerprint density at radius 1 is 1.36 bits per heavy atom. The van der Waals surface area contributed by atoms with Gasteiger partial charge in [-0.3, -0.25) is 4.79 Å². The molecular formula is C19H24N2O5S2. The van der Waals surface area contributed by atoms with Crippen LogP contribution in [0.4, 0.5) is 0 Å². The molecule has 0 saturated carbocycles. The number of rotatable bonds is 8. The molecule has 0 aliphatic carbocycles. The average Bonchev–Trinajstić information content (AvgIpc) is 3.21. The van der Waals surface area contributed by atoms with E-state index in [1.165, 1.54) is 18.4 Å². The highest BCUT2D eigenvalue weighted by Gasteiger charge is 2.33. The van der Waals surface area contributed by atoms with Gasteiger partial charge in [0, 0.05) is 31.0 Å². The van der Waals surface area contributed by atoms with Crippen molar-refractivity contribution in [2.24, 2.45) is 5.73 Å². The molecule has 2 aromatic rings. The van der Waals surface area contributed by atoms with E-state index in [1.807, 2.05) is 5.38 Å². The standard InChI is InChI=1S/C19H24N2O5S2/c1-25-12-28(23,24)14-7-5-13(6-8-14)16-3-2-4-17(26-16)15(11-18(20)22)19-21-9-10-27-19/h5-10,15-17H,2-4,11-12H2,1H3,(H2,20,22). The molecule has 1 amide bonds. The lowest BCUT2D eigenvalue weighted by atomic mass is 9.90. The first-order valence-corrected chi connectivity index (χ1v) is 11.6. The van der Waals surface area contributed by atoms with Crippen molar-refractivity contribution in [3.05, 3.63) is 46.4 Å². The summed E-state index contributed by atoms with van der Waals surface area (Å²) >= 11 is 1.50. The molecule has 1 aliphatic heterocycles. The van der Waals surface area contributed by atoms with Gasteiger partial charge in [-0.1, -0.05) is 12.1 Å². The van der Waals surface area contributed by atoms with Crippen molar-refractivity contribution in [2.75, 3.05) is 13.0 Å². The zero-order valence-electron chi connectivity index (χ0n) is 15.6. The van der Waals surface area contributed by atoms with Crippen LogP contribution >= 0.6 is 11.3 Å². The Kier molecular flexibility index (Phi) is 6.82. The number of carbonyl (C=O) groups is 1. The third-order valence-corrected chi connectivity index (χ3v) is 7.26. The molecule has 1 saturated heterocycles. The van der Waals surface area contributed by atoms with Crippen molar-refractivity contribution in [1.29, 1.82) is 0 Å². The monoisotopic (exact) mass is 424 g/mol. The molecule has 2 heterocycles. The molecular weight excluding hydrogens is 400 g/mol. The normalized spacial score (nSPS) is 21.3. The van der Waals surface area contributed by atoms with Crippen LogP contribution < -0.4 is 5.73 Å². The highest BCUT2D eigenvalue weighted by molar-refractivity contribution is 7.91. The summed E-state index contributed by atoms with van der Waals surface area (Å²) in [7, 11) is -2.09. The van der Waals surface area contributed by atoms with E-state index in [2.05, 4.69) is 4.98 Å².